The van der Waals surface area contributed by atoms with Crippen LogP contribution >= 0.6 is 0 Å². The van der Waals surface area contributed by atoms with E-state index in [2.05, 4.69) is 38.1 Å². The highest BCUT2D eigenvalue weighted by Gasteiger charge is 2.31. The molecule has 1 nitrogen and oxygen atoms in total. The highest BCUT2D eigenvalue weighted by molar-refractivity contribution is 5.42. The zero-order valence-electron chi connectivity index (χ0n) is 16.3. The fourth-order valence-corrected chi connectivity index (χ4v) is 5.47. The molecule has 0 aliphatic heterocycles. The van der Waals surface area contributed by atoms with E-state index in [0.717, 1.165) is 23.3 Å². The van der Waals surface area contributed by atoms with E-state index in [4.69, 9.17) is 0 Å². The van der Waals surface area contributed by atoms with Gasteiger partial charge in [-0.3, -0.25) is 0 Å². The van der Waals surface area contributed by atoms with Crippen LogP contribution in [0, 0.1) is 36.0 Å². The quantitative estimate of drug-likeness (QED) is 0.560. The molecular formula is C24H35N. The van der Waals surface area contributed by atoms with Gasteiger partial charge in [0.1, 0.15) is 0 Å². The van der Waals surface area contributed by atoms with Gasteiger partial charge in [-0.1, -0.05) is 51.2 Å². The molecule has 0 unspecified atom stereocenters. The molecule has 2 aliphatic rings. The summed E-state index contributed by atoms with van der Waals surface area (Å²) < 4.78 is 0. The van der Waals surface area contributed by atoms with Gasteiger partial charge in [0.15, 0.2) is 0 Å². The Bertz CT molecular complexity index is 581. The molecule has 136 valence electrons. The van der Waals surface area contributed by atoms with Crippen molar-refractivity contribution < 1.29 is 0 Å². The van der Waals surface area contributed by atoms with Gasteiger partial charge >= 0.3 is 0 Å². The number of hydrogen-bond acceptors (Lipinski definition) is 1. The Morgan fingerprint density at radius 2 is 1.60 bits per heavy atom. The maximum atomic E-state index is 9.47. The Balaban J connectivity index is 1.51. The molecule has 1 heteroatoms. The fourth-order valence-electron chi connectivity index (χ4n) is 5.47. The van der Waals surface area contributed by atoms with Crippen molar-refractivity contribution in [3.8, 4) is 6.07 Å². The first kappa shape index (κ1) is 18.5. The van der Waals surface area contributed by atoms with E-state index in [1.807, 2.05) is 0 Å². The molecule has 1 aromatic carbocycles. The lowest BCUT2D eigenvalue weighted by Crippen LogP contribution is -2.25. The lowest BCUT2D eigenvalue weighted by atomic mass is 9.67. The number of nitrogens with zero attached hydrogens (tertiary/aromatic N) is 1. The molecular weight excluding hydrogens is 302 g/mol. The van der Waals surface area contributed by atoms with Crippen LogP contribution in [0.3, 0.4) is 0 Å². The van der Waals surface area contributed by atoms with Crippen molar-refractivity contribution in [2.45, 2.75) is 90.4 Å². The summed E-state index contributed by atoms with van der Waals surface area (Å²) in [6, 6.07) is 8.90. The molecule has 0 atom stereocenters. The van der Waals surface area contributed by atoms with Crippen molar-refractivity contribution in [2.75, 3.05) is 0 Å². The van der Waals surface area contributed by atoms with Crippen molar-refractivity contribution in [1.29, 1.82) is 5.26 Å². The third-order valence-electron chi connectivity index (χ3n) is 7.06. The van der Waals surface area contributed by atoms with Gasteiger partial charge in [0.05, 0.1) is 11.6 Å². The molecule has 0 heterocycles. The molecule has 0 saturated heterocycles. The van der Waals surface area contributed by atoms with Gasteiger partial charge in [-0.2, -0.15) is 5.26 Å². The van der Waals surface area contributed by atoms with Crippen molar-refractivity contribution in [2.24, 2.45) is 17.8 Å². The van der Waals surface area contributed by atoms with E-state index < -0.39 is 0 Å². The van der Waals surface area contributed by atoms with Crippen LogP contribution in [-0.4, -0.2) is 0 Å². The van der Waals surface area contributed by atoms with Crippen LogP contribution in [0.15, 0.2) is 18.2 Å². The van der Waals surface area contributed by atoms with Gasteiger partial charge in [-0.15, -0.1) is 0 Å². The van der Waals surface area contributed by atoms with Crippen molar-refractivity contribution in [1.82, 2.24) is 0 Å². The molecule has 0 amide bonds. The zero-order chi connectivity index (χ0) is 17.6. The number of hydrogen-bond donors (Lipinski definition) is 0. The third kappa shape index (κ3) is 4.66. The second-order valence-corrected chi connectivity index (χ2v) is 8.74. The molecule has 2 aliphatic carbocycles. The first-order valence-electron chi connectivity index (χ1n) is 10.7. The van der Waals surface area contributed by atoms with Crippen LogP contribution in [-0.2, 0) is 0 Å². The Morgan fingerprint density at radius 3 is 2.20 bits per heavy atom. The molecule has 0 bridgehead atoms. The highest BCUT2D eigenvalue weighted by atomic mass is 14.4. The van der Waals surface area contributed by atoms with E-state index in [1.54, 1.807) is 0 Å². The predicted octanol–water partition coefficient (Wildman–Crippen LogP) is 7.14. The summed E-state index contributed by atoms with van der Waals surface area (Å²) in [4.78, 5) is 0. The maximum Gasteiger partial charge on any atom is 0.0994 e. The van der Waals surface area contributed by atoms with Crippen LogP contribution in [0.5, 0.6) is 0 Å². The van der Waals surface area contributed by atoms with Gasteiger partial charge in [-0.25, -0.2) is 0 Å². The Labute approximate surface area is 154 Å². The molecule has 3 rings (SSSR count). The maximum absolute atomic E-state index is 9.47. The zero-order valence-corrected chi connectivity index (χ0v) is 16.3. The first-order valence-corrected chi connectivity index (χ1v) is 10.7. The predicted molar refractivity (Wildman–Crippen MR) is 106 cm³/mol. The van der Waals surface area contributed by atoms with Crippen LogP contribution in [0.25, 0.3) is 0 Å². The lowest BCUT2D eigenvalue weighted by Gasteiger charge is -2.38. The largest absolute Gasteiger partial charge is 0.192 e. The molecule has 1 aromatic rings. The second-order valence-electron chi connectivity index (χ2n) is 8.74. The Morgan fingerprint density at radius 1 is 0.960 bits per heavy atom. The third-order valence-corrected chi connectivity index (χ3v) is 7.06. The normalized spacial score (nSPS) is 30.0. The monoisotopic (exact) mass is 337 g/mol. The van der Waals surface area contributed by atoms with E-state index in [-0.39, 0.29) is 0 Å². The number of rotatable bonds is 5. The van der Waals surface area contributed by atoms with Crippen LogP contribution < -0.4 is 0 Å². The summed E-state index contributed by atoms with van der Waals surface area (Å²) in [6.45, 7) is 4.40. The van der Waals surface area contributed by atoms with E-state index in [1.165, 1.54) is 81.8 Å². The number of aryl methyl sites for hydroxylation is 1. The Hall–Kier alpha value is -1.29. The average molecular weight is 338 g/mol. The Kier molecular flexibility index (Phi) is 6.57. The van der Waals surface area contributed by atoms with Crippen LogP contribution in [0.4, 0.5) is 0 Å². The number of unbranched alkanes of at least 4 members (excludes halogenated alkanes) is 1. The SMILES string of the molecule is CCCC[C@H]1CC[C@H](C2CCC(c3ccc(C)cc3C#N)CC2)CC1. The molecule has 25 heavy (non-hydrogen) atoms. The molecule has 0 spiro atoms. The molecule has 2 saturated carbocycles. The second kappa shape index (κ2) is 8.88. The highest BCUT2D eigenvalue weighted by Crippen LogP contribution is 2.45. The molecule has 0 N–H and O–H groups in total. The van der Waals surface area contributed by atoms with E-state index in [9.17, 15) is 5.26 Å². The summed E-state index contributed by atoms with van der Waals surface area (Å²) in [5.74, 6) is 3.59. The van der Waals surface area contributed by atoms with E-state index >= 15 is 0 Å². The summed E-state index contributed by atoms with van der Waals surface area (Å²) in [6.07, 6.45) is 15.5. The minimum atomic E-state index is 0.618. The van der Waals surface area contributed by atoms with Crippen LogP contribution in [0.1, 0.15) is 100 Å². The van der Waals surface area contributed by atoms with Gasteiger partial charge in [-0.05, 0) is 86.3 Å². The summed E-state index contributed by atoms with van der Waals surface area (Å²) >= 11 is 0. The minimum absolute atomic E-state index is 0.618. The van der Waals surface area contributed by atoms with Crippen molar-refractivity contribution in [3.63, 3.8) is 0 Å². The van der Waals surface area contributed by atoms with Gasteiger partial charge < -0.3 is 0 Å². The molecule has 0 aromatic heterocycles. The number of nitriles is 1. The summed E-state index contributed by atoms with van der Waals surface area (Å²) in [7, 11) is 0. The van der Waals surface area contributed by atoms with Gasteiger partial charge in [0.2, 0.25) is 0 Å². The molecule has 0 radical (unpaired) electrons. The van der Waals surface area contributed by atoms with Gasteiger partial charge in [0.25, 0.3) is 0 Å². The minimum Gasteiger partial charge on any atom is -0.192 e. The lowest BCUT2D eigenvalue weighted by molar-refractivity contribution is 0.156. The fraction of sp³-hybridized carbons (Fsp3) is 0.708. The van der Waals surface area contributed by atoms with Crippen molar-refractivity contribution in [3.05, 3.63) is 34.9 Å². The summed E-state index contributed by atoms with van der Waals surface area (Å²) in [5.41, 5.74) is 3.43. The standard InChI is InChI=1S/C24H35N/c1-3-4-5-19-7-9-20(10-8-19)21-11-13-22(14-12-21)24-15-6-18(2)16-23(24)17-25/h6,15-16,19-22H,3-5,7-14H2,1-2H3/t19-,20-,21?,22?. The topological polar surface area (TPSA) is 23.8 Å². The van der Waals surface area contributed by atoms with Crippen LogP contribution in [0.2, 0.25) is 0 Å². The molecule has 2 fully saturated rings. The van der Waals surface area contributed by atoms with Gasteiger partial charge in [0, 0.05) is 0 Å². The summed E-state index contributed by atoms with van der Waals surface area (Å²) in [5, 5.41) is 9.47. The van der Waals surface area contributed by atoms with Crippen molar-refractivity contribution >= 4 is 0 Å². The first-order chi connectivity index (χ1) is 12.2. The smallest absolute Gasteiger partial charge is 0.0994 e. The average Bonchev–Trinajstić information content (AvgIpc) is 2.67. The number of benzene rings is 1. The van der Waals surface area contributed by atoms with E-state index in [0.29, 0.717) is 5.92 Å².